The maximum Gasteiger partial charge on any atom is 0.273 e. The van der Waals surface area contributed by atoms with Crippen LogP contribution < -0.4 is 5.32 Å². The van der Waals surface area contributed by atoms with Gasteiger partial charge in [-0.05, 0) is 12.0 Å². The van der Waals surface area contributed by atoms with Crippen LogP contribution in [0.15, 0.2) is 60.7 Å². The number of aliphatic hydroxyl groups is 1. The van der Waals surface area contributed by atoms with Gasteiger partial charge in [-0.3, -0.25) is 9.59 Å². The van der Waals surface area contributed by atoms with Gasteiger partial charge in [0, 0.05) is 5.56 Å². The van der Waals surface area contributed by atoms with Gasteiger partial charge in [-0.2, -0.15) is 8.75 Å². The van der Waals surface area contributed by atoms with E-state index >= 15 is 0 Å². The van der Waals surface area contributed by atoms with Gasteiger partial charge >= 0.3 is 0 Å². The largest absolute Gasteiger partial charge is 0.389 e. The second-order valence-corrected chi connectivity index (χ2v) is 6.20. The van der Waals surface area contributed by atoms with Gasteiger partial charge in [0.1, 0.15) is 12.3 Å². The molecule has 3 rings (SSSR count). The van der Waals surface area contributed by atoms with Crippen LogP contribution in [-0.2, 0) is 11.2 Å². The highest BCUT2D eigenvalue weighted by Gasteiger charge is 2.24. The SMILES string of the molecule is O=C(NC(Cc1ccccc1)C(=O)CO)c1nsnc1-c1ccccc1. The Labute approximate surface area is 154 Å². The molecule has 0 fully saturated rings. The molecule has 0 saturated heterocycles. The smallest absolute Gasteiger partial charge is 0.273 e. The van der Waals surface area contributed by atoms with Crippen LogP contribution in [0.3, 0.4) is 0 Å². The molecule has 1 atom stereocenters. The predicted octanol–water partition coefficient (Wildman–Crippen LogP) is 2.11. The molecule has 1 unspecified atom stereocenters. The minimum Gasteiger partial charge on any atom is -0.389 e. The van der Waals surface area contributed by atoms with E-state index in [1.54, 1.807) is 0 Å². The third-order valence-electron chi connectivity index (χ3n) is 3.88. The van der Waals surface area contributed by atoms with E-state index in [0.717, 1.165) is 22.9 Å². The minimum atomic E-state index is -0.833. The predicted molar refractivity (Wildman–Crippen MR) is 98.8 cm³/mol. The molecule has 1 heterocycles. The number of ketones is 1. The van der Waals surface area contributed by atoms with Crippen molar-refractivity contribution in [1.29, 1.82) is 0 Å². The molecule has 0 spiro atoms. The molecular formula is C19H17N3O3S. The van der Waals surface area contributed by atoms with Crippen LogP contribution in [0.1, 0.15) is 16.1 Å². The summed E-state index contributed by atoms with van der Waals surface area (Å²) in [6.45, 7) is -0.640. The Morgan fingerprint density at radius 2 is 1.65 bits per heavy atom. The molecule has 0 bridgehead atoms. The second-order valence-electron chi connectivity index (χ2n) is 5.67. The van der Waals surface area contributed by atoms with Gasteiger partial charge in [-0.25, -0.2) is 0 Å². The highest BCUT2D eigenvalue weighted by atomic mass is 32.1. The first-order chi connectivity index (χ1) is 12.7. The number of aliphatic hydroxyl groups excluding tert-OH is 1. The molecule has 132 valence electrons. The molecule has 0 aliphatic rings. The highest BCUT2D eigenvalue weighted by molar-refractivity contribution is 6.99. The fourth-order valence-corrected chi connectivity index (χ4v) is 3.12. The highest BCUT2D eigenvalue weighted by Crippen LogP contribution is 2.21. The number of carbonyl (C=O) groups is 2. The Balaban J connectivity index is 1.81. The van der Waals surface area contributed by atoms with Crippen molar-refractivity contribution in [3.63, 3.8) is 0 Å². The van der Waals surface area contributed by atoms with E-state index in [1.807, 2.05) is 60.7 Å². The summed E-state index contributed by atoms with van der Waals surface area (Å²) in [5.74, 6) is -0.938. The first-order valence-electron chi connectivity index (χ1n) is 8.05. The summed E-state index contributed by atoms with van der Waals surface area (Å²) in [5.41, 5.74) is 2.31. The molecule has 1 amide bonds. The lowest BCUT2D eigenvalue weighted by molar-refractivity contribution is -0.123. The summed E-state index contributed by atoms with van der Waals surface area (Å²) in [6, 6.07) is 17.7. The summed E-state index contributed by atoms with van der Waals surface area (Å²) in [7, 11) is 0. The summed E-state index contributed by atoms with van der Waals surface area (Å²) < 4.78 is 8.28. The van der Waals surface area contributed by atoms with E-state index < -0.39 is 24.3 Å². The summed E-state index contributed by atoms with van der Waals surface area (Å²) >= 11 is 0.939. The molecule has 2 aromatic carbocycles. The van der Waals surface area contributed by atoms with Crippen LogP contribution in [0, 0.1) is 0 Å². The summed E-state index contributed by atoms with van der Waals surface area (Å²) in [4.78, 5) is 24.8. The van der Waals surface area contributed by atoms with Crippen molar-refractivity contribution >= 4 is 23.4 Å². The molecule has 26 heavy (non-hydrogen) atoms. The molecule has 3 aromatic rings. The van der Waals surface area contributed by atoms with Crippen molar-refractivity contribution in [1.82, 2.24) is 14.1 Å². The molecular weight excluding hydrogens is 350 g/mol. The Kier molecular flexibility index (Phi) is 5.83. The van der Waals surface area contributed by atoms with E-state index in [2.05, 4.69) is 14.1 Å². The van der Waals surface area contributed by atoms with Crippen LogP contribution in [0.25, 0.3) is 11.3 Å². The van der Waals surface area contributed by atoms with Crippen LogP contribution >= 0.6 is 11.7 Å². The number of rotatable bonds is 7. The van der Waals surface area contributed by atoms with Crippen molar-refractivity contribution in [3.05, 3.63) is 71.9 Å². The number of Topliss-reactive ketones (excluding diaryl/α,β-unsaturated/α-hetero) is 1. The molecule has 0 saturated carbocycles. The normalized spacial score (nSPS) is 11.7. The molecule has 0 aliphatic heterocycles. The van der Waals surface area contributed by atoms with Crippen molar-refractivity contribution in [2.24, 2.45) is 0 Å². The lowest BCUT2D eigenvalue weighted by Gasteiger charge is -2.16. The van der Waals surface area contributed by atoms with Gasteiger partial charge in [0.15, 0.2) is 11.5 Å². The van der Waals surface area contributed by atoms with Gasteiger partial charge in [0.2, 0.25) is 0 Å². The topological polar surface area (TPSA) is 92.2 Å². The van der Waals surface area contributed by atoms with E-state index in [9.17, 15) is 14.7 Å². The minimum absolute atomic E-state index is 0.171. The molecule has 2 N–H and O–H groups in total. The van der Waals surface area contributed by atoms with Crippen LogP contribution in [0.5, 0.6) is 0 Å². The number of nitrogens with one attached hydrogen (secondary N) is 1. The lowest BCUT2D eigenvalue weighted by atomic mass is 10.0. The van der Waals surface area contributed by atoms with E-state index in [1.165, 1.54) is 0 Å². The third-order valence-corrected chi connectivity index (χ3v) is 4.41. The van der Waals surface area contributed by atoms with Crippen molar-refractivity contribution < 1.29 is 14.7 Å². The zero-order valence-electron chi connectivity index (χ0n) is 13.8. The average molecular weight is 367 g/mol. The van der Waals surface area contributed by atoms with Crippen molar-refractivity contribution in [2.75, 3.05) is 6.61 Å². The number of nitrogens with zero attached hydrogens (tertiary/aromatic N) is 2. The number of benzene rings is 2. The maximum atomic E-state index is 12.7. The quantitative estimate of drug-likeness (QED) is 0.667. The number of hydrogen-bond donors (Lipinski definition) is 2. The molecule has 0 aliphatic carbocycles. The fourth-order valence-electron chi connectivity index (χ4n) is 2.55. The first kappa shape index (κ1) is 17.9. The summed E-state index contributed by atoms with van der Waals surface area (Å²) in [5, 5.41) is 11.9. The Hall–Kier alpha value is -2.90. The van der Waals surface area contributed by atoms with E-state index in [4.69, 9.17) is 0 Å². The van der Waals surface area contributed by atoms with Crippen LogP contribution in [0.2, 0.25) is 0 Å². The number of hydrogen-bond acceptors (Lipinski definition) is 6. The third kappa shape index (κ3) is 4.19. The average Bonchev–Trinajstić information content (AvgIpc) is 3.18. The zero-order valence-corrected chi connectivity index (χ0v) is 14.6. The monoisotopic (exact) mass is 367 g/mol. The van der Waals surface area contributed by atoms with E-state index in [-0.39, 0.29) is 5.69 Å². The molecule has 7 heteroatoms. The fraction of sp³-hybridized carbons (Fsp3) is 0.158. The molecule has 0 radical (unpaired) electrons. The molecule has 6 nitrogen and oxygen atoms in total. The van der Waals surface area contributed by atoms with Gasteiger partial charge < -0.3 is 10.4 Å². The van der Waals surface area contributed by atoms with Crippen molar-refractivity contribution in [3.8, 4) is 11.3 Å². The Morgan fingerprint density at radius 3 is 2.31 bits per heavy atom. The van der Waals surface area contributed by atoms with Gasteiger partial charge in [-0.1, -0.05) is 60.7 Å². The van der Waals surface area contributed by atoms with Gasteiger partial charge in [0.25, 0.3) is 5.91 Å². The second kappa shape index (κ2) is 8.46. The van der Waals surface area contributed by atoms with Gasteiger partial charge in [0.05, 0.1) is 17.8 Å². The Bertz CT molecular complexity index is 881. The number of amides is 1. The molecule has 1 aromatic heterocycles. The maximum absolute atomic E-state index is 12.7. The summed E-state index contributed by atoms with van der Waals surface area (Å²) in [6.07, 6.45) is 0.296. The standard InChI is InChI=1S/C19H17N3O3S/c23-12-16(24)15(11-13-7-3-1-4-8-13)20-19(25)18-17(21-26-22-18)14-9-5-2-6-10-14/h1-10,15,23H,11-12H2,(H,20,25). The first-order valence-corrected chi connectivity index (χ1v) is 8.78. The lowest BCUT2D eigenvalue weighted by Crippen LogP contribution is -2.44. The van der Waals surface area contributed by atoms with Crippen LogP contribution in [0.4, 0.5) is 0 Å². The van der Waals surface area contributed by atoms with Crippen molar-refractivity contribution in [2.45, 2.75) is 12.5 Å². The van der Waals surface area contributed by atoms with Crippen LogP contribution in [-0.4, -0.2) is 38.2 Å². The number of aromatic nitrogens is 2. The zero-order chi connectivity index (χ0) is 18.4. The van der Waals surface area contributed by atoms with Gasteiger partial charge in [-0.15, -0.1) is 0 Å². The Morgan fingerprint density at radius 1 is 1.00 bits per heavy atom. The van der Waals surface area contributed by atoms with E-state index in [0.29, 0.717) is 12.1 Å². The number of carbonyl (C=O) groups excluding carboxylic acids is 2.